The number of ether oxygens (including phenoxy) is 2. The van der Waals surface area contributed by atoms with E-state index in [1.807, 2.05) is 4.57 Å². The molecule has 8 heteroatoms. The van der Waals surface area contributed by atoms with Gasteiger partial charge in [0, 0.05) is 6.61 Å². The number of anilines is 1. The van der Waals surface area contributed by atoms with Crippen LogP contribution in [-0.2, 0) is 4.74 Å². The first kappa shape index (κ1) is 18.4. The largest absolute Gasteiger partial charge is 0.463 e. The average Bonchev–Trinajstić information content (AvgIpc) is 2.90. The number of rotatable bonds is 6. The van der Waals surface area contributed by atoms with E-state index < -0.39 is 0 Å². The lowest BCUT2D eigenvalue weighted by molar-refractivity contribution is -0.0311. The molecule has 7 nitrogen and oxygen atoms in total. The molecule has 0 amide bonds. The number of nitrogens with two attached hydrogens (primary N) is 1. The fourth-order valence-corrected chi connectivity index (χ4v) is 3.78. The molecule has 0 aromatic carbocycles. The molecule has 1 saturated heterocycles. The van der Waals surface area contributed by atoms with Gasteiger partial charge < -0.3 is 15.2 Å². The van der Waals surface area contributed by atoms with Gasteiger partial charge in [-0.3, -0.25) is 4.57 Å². The fraction of sp³-hybridized carbons (Fsp3) is 0.706. The van der Waals surface area contributed by atoms with Gasteiger partial charge in [0.2, 0.25) is 0 Å². The molecule has 3 heterocycles. The van der Waals surface area contributed by atoms with E-state index in [-0.39, 0.29) is 11.6 Å². The van der Waals surface area contributed by atoms with Crippen molar-refractivity contribution < 1.29 is 9.47 Å². The first-order chi connectivity index (χ1) is 11.9. The van der Waals surface area contributed by atoms with E-state index in [2.05, 4.69) is 51.7 Å². The number of nitrogens with zero attached hydrogens (tertiary/aromatic N) is 4. The molecule has 0 bridgehead atoms. The molecular weight excluding hydrogens is 386 g/mol. The number of nitrogen functional groups attached to an aromatic ring is 1. The van der Waals surface area contributed by atoms with Crippen LogP contribution in [0.5, 0.6) is 6.01 Å². The highest BCUT2D eigenvalue weighted by atomic mass is 79.9. The molecule has 0 saturated carbocycles. The van der Waals surface area contributed by atoms with Crippen molar-refractivity contribution in [2.45, 2.75) is 59.1 Å². The SMILES string of the molecule is CCCC(C)(C)COc1nc(N)c2nc(Br)n([C@H]3CCCCO3)c2n1. The lowest BCUT2D eigenvalue weighted by atomic mass is 9.89. The predicted molar refractivity (Wildman–Crippen MR) is 100 cm³/mol. The van der Waals surface area contributed by atoms with Gasteiger partial charge in [0.05, 0.1) is 6.61 Å². The number of halogens is 1. The Balaban J connectivity index is 1.91. The van der Waals surface area contributed by atoms with Crippen molar-refractivity contribution in [3.05, 3.63) is 4.73 Å². The molecule has 2 aromatic heterocycles. The van der Waals surface area contributed by atoms with Crippen molar-refractivity contribution in [1.82, 2.24) is 19.5 Å². The van der Waals surface area contributed by atoms with Gasteiger partial charge in [0.15, 0.2) is 21.7 Å². The molecule has 0 aliphatic carbocycles. The second-order valence-electron chi connectivity index (χ2n) is 7.34. The quantitative estimate of drug-likeness (QED) is 0.720. The van der Waals surface area contributed by atoms with Crippen molar-refractivity contribution in [2.24, 2.45) is 5.41 Å². The molecule has 1 atom stereocenters. The average molecular weight is 412 g/mol. The summed E-state index contributed by atoms with van der Waals surface area (Å²) in [5.74, 6) is 0.323. The molecule has 2 aromatic rings. The maximum Gasteiger partial charge on any atom is 0.320 e. The van der Waals surface area contributed by atoms with Crippen molar-refractivity contribution in [2.75, 3.05) is 18.9 Å². The van der Waals surface area contributed by atoms with E-state index in [0.29, 0.717) is 34.3 Å². The van der Waals surface area contributed by atoms with Crippen LogP contribution in [-0.4, -0.2) is 32.7 Å². The van der Waals surface area contributed by atoms with E-state index in [0.717, 1.165) is 38.7 Å². The Morgan fingerprint density at radius 3 is 2.80 bits per heavy atom. The molecule has 0 radical (unpaired) electrons. The van der Waals surface area contributed by atoms with Crippen LogP contribution in [0.25, 0.3) is 11.2 Å². The summed E-state index contributed by atoms with van der Waals surface area (Å²) in [4.78, 5) is 13.3. The van der Waals surface area contributed by atoms with E-state index in [9.17, 15) is 0 Å². The summed E-state index contributed by atoms with van der Waals surface area (Å²) in [5, 5.41) is 0. The van der Waals surface area contributed by atoms with E-state index in [1.54, 1.807) is 0 Å². The summed E-state index contributed by atoms with van der Waals surface area (Å²) in [5.41, 5.74) is 7.38. The van der Waals surface area contributed by atoms with Crippen LogP contribution >= 0.6 is 15.9 Å². The van der Waals surface area contributed by atoms with Crippen LogP contribution in [0.15, 0.2) is 4.73 Å². The van der Waals surface area contributed by atoms with Gasteiger partial charge in [-0.2, -0.15) is 9.97 Å². The van der Waals surface area contributed by atoms with Gasteiger partial charge in [-0.25, -0.2) is 4.98 Å². The van der Waals surface area contributed by atoms with Gasteiger partial charge in [-0.15, -0.1) is 0 Å². The minimum atomic E-state index is -0.0909. The molecule has 25 heavy (non-hydrogen) atoms. The maximum absolute atomic E-state index is 6.10. The molecule has 0 unspecified atom stereocenters. The number of aromatic nitrogens is 4. The second kappa shape index (κ2) is 7.45. The summed E-state index contributed by atoms with van der Waals surface area (Å²) >= 11 is 3.50. The molecule has 3 rings (SSSR count). The number of hydrogen-bond donors (Lipinski definition) is 1. The third-order valence-electron chi connectivity index (χ3n) is 4.47. The molecule has 0 spiro atoms. The molecule has 138 valence electrons. The zero-order chi connectivity index (χ0) is 18.0. The summed E-state index contributed by atoms with van der Waals surface area (Å²) < 4.78 is 14.3. The van der Waals surface area contributed by atoms with Crippen molar-refractivity contribution in [1.29, 1.82) is 0 Å². The van der Waals surface area contributed by atoms with Gasteiger partial charge in [-0.1, -0.05) is 27.2 Å². The third kappa shape index (κ3) is 4.06. The van der Waals surface area contributed by atoms with Crippen LogP contribution in [0.4, 0.5) is 5.82 Å². The second-order valence-corrected chi connectivity index (χ2v) is 8.05. The van der Waals surface area contributed by atoms with E-state index in [1.165, 1.54) is 0 Å². The van der Waals surface area contributed by atoms with Crippen LogP contribution in [0.2, 0.25) is 0 Å². The van der Waals surface area contributed by atoms with Crippen LogP contribution < -0.4 is 10.5 Å². The highest BCUT2D eigenvalue weighted by Crippen LogP contribution is 2.32. The molecule has 1 fully saturated rings. The Morgan fingerprint density at radius 2 is 2.12 bits per heavy atom. The molecule has 1 aliphatic heterocycles. The predicted octanol–water partition coefficient (Wildman–Crippen LogP) is 4.08. The highest BCUT2D eigenvalue weighted by Gasteiger charge is 2.25. The standard InChI is InChI=1S/C17H26BrN5O2/c1-4-8-17(2,3)10-25-16-21-13(19)12-14(22-16)23(15(18)20-12)11-7-5-6-9-24-11/h11H,4-10H2,1-3H3,(H2,19,21,22)/t11-/m1/s1. The van der Waals surface area contributed by atoms with E-state index >= 15 is 0 Å². The number of imidazole rings is 1. The first-order valence-corrected chi connectivity index (χ1v) is 9.66. The Morgan fingerprint density at radius 1 is 1.32 bits per heavy atom. The monoisotopic (exact) mass is 411 g/mol. The Hall–Kier alpha value is -1.41. The molecule has 2 N–H and O–H groups in total. The number of fused-ring (bicyclic) bond motifs is 1. The van der Waals surface area contributed by atoms with Gasteiger partial charge in [0.1, 0.15) is 6.23 Å². The highest BCUT2D eigenvalue weighted by molar-refractivity contribution is 9.10. The Kier molecular flexibility index (Phi) is 5.48. The van der Waals surface area contributed by atoms with Crippen LogP contribution in [0.3, 0.4) is 0 Å². The topological polar surface area (TPSA) is 88.1 Å². The minimum absolute atomic E-state index is 0.0646. The van der Waals surface area contributed by atoms with Crippen LogP contribution in [0, 0.1) is 5.41 Å². The van der Waals surface area contributed by atoms with Crippen molar-refractivity contribution >= 4 is 32.9 Å². The Labute approximate surface area is 156 Å². The van der Waals surface area contributed by atoms with Gasteiger partial charge in [0.25, 0.3) is 0 Å². The van der Waals surface area contributed by atoms with E-state index in [4.69, 9.17) is 15.2 Å². The lowest BCUT2D eigenvalue weighted by Gasteiger charge is -2.25. The number of hydrogen-bond acceptors (Lipinski definition) is 6. The first-order valence-electron chi connectivity index (χ1n) is 8.86. The van der Waals surface area contributed by atoms with Crippen LogP contribution in [0.1, 0.15) is 59.1 Å². The summed E-state index contributed by atoms with van der Waals surface area (Å²) in [6.45, 7) is 7.81. The maximum atomic E-state index is 6.10. The minimum Gasteiger partial charge on any atom is -0.463 e. The summed E-state index contributed by atoms with van der Waals surface area (Å²) in [6.07, 6.45) is 5.21. The Bertz CT molecular complexity index is 740. The van der Waals surface area contributed by atoms with Gasteiger partial charge >= 0.3 is 6.01 Å². The van der Waals surface area contributed by atoms with Crippen molar-refractivity contribution in [3.63, 3.8) is 0 Å². The normalized spacial score (nSPS) is 18.6. The zero-order valence-electron chi connectivity index (χ0n) is 15.1. The third-order valence-corrected chi connectivity index (χ3v) is 5.02. The smallest absolute Gasteiger partial charge is 0.320 e. The lowest BCUT2D eigenvalue weighted by Crippen LogP contribution is -2.22. The fourth-order valence-electron chi connectivity index (χ4n) is 3.20. The zero-order valence-corrected chi connectivity index (χ0v) is 16.7. The van der Waals surface area contributed by atoms with Crippen molar-refractivity contribution in [3.8, 4) is 6.01 Å². The molecule has 1 aliphatic rings. The molecular formula is C17H26BrN5O2. The summed E-state index contributed by atoms with van der Waals surface area (Å²) in [6, 6.07) is 0.290. The van der Waals surface area contributed by atoms with Gasteiger partial charge in [-0.05, 0) is 47.0 Å². The summed E-state index contributed by atoms with van der Waals surface area (Å²) in [7, 11) is 0.